The molecule has 2 amide bonds. The molecule has 1 aliphatic heterocycles. The highest BCUT2D eigenvalue weighted by molar-refractivity contribution is 6.36. The lowest BCUT2D eigenvalue weighted by molar-refractivity contribution is -0.122. The van der Waals surface area contributed by atoms with Gasteiger partial charge in [-0.3, -0.25) is 9.59 Å². The van der Waals surface area contributed by atoms with Gasteiger partial charge in [-0.05, 0) is 44.0 Å². The molecule has 2 aliphatic rings. The lowest BCUT2D eigenvalue weighted by Crippen LogP contribution is -2.38. The van der Waals surface area contributed by atoms with Crippen molar-refractivity contribution in [2.45, 2.75) is 31.4 Å². The van der Waals surface area contributed by atoms with Gasteiger partial charge in [-0.25, -0.2) is 0 Å². The lowest BCUT2D eigenvalue weighted by Gasteiger charge is -2.26. The maximum atomic E-state index is 13.0. The first-order valence-electron chi connectivity index (χ1n) is 8.29. The SMILES string of the molecule is CC1Oc2c(cccc2C(=O)NC2(c3c(Cl)cccc3Cl)CC2)NC1=O. The maximum Gasteiger partial charge on any atom is 0.265 e. The summed E-state index contributed by atoms with van der Waals surface area (Å²) in [4.78, 5) is 24.7. The molecule has 1 aliphatic carbocycles. The minimum atomic E-state index is -0.663. The second-order valence-electron chi connectivity index (χ2n) is 6.56. The van der Waals surface area contributed by atoms with Crippen LogP contribution in [0.5, 0.6) is 5.75 Å². The number of hydrogen-bond donors (Lipinski definition) is 2. The molecule has 0 bridgehead atoms. The molecule has 1 saturated carbocycles. The van der Waals surface area contributed by atoms with Gasteiger partial charge in [0.1, 0.15) is 0 Å². The minimum Gasteiger partial charge on any atom is -0.478 e. The van der Waals surface area contributed by atoms with Gasteiger partial charge in [0.25, 0.3) is 11.8 Å². The Bertz CT molecular complexity index is 905. The molecule has 26 heavy (non-hydrogen) atoms. The summed E-state index contributed by atoms with van der Waals surface area (Å²) >= 11 is 12.7. The molecule has 2 aromatic rings. The molecule has 1 heterocycles. The normalized spacial score (nSPS) is 19.8. The van der Waals surface area contributed by atoms with Crippen LogP contribution in [0.1, 0.15) is 35.7 Å². The van der Waals surface area contributed by atoms with Crippen LogP contribution in [0.25, 0.3) is 0 Å². The van der Waals surface area contributed by atoms with Gasteiger partial charge in [-0.15, -0.1) is 0 Å². The number of nitrogens with one attached hydrogen (secondary N) is 2. The summed E-state index contributed by atoms with van der Waals surface area (Å²) in [5, 5.41) is 6.86. The van der Waals surface area contributed by atoms with Crippen molar-refractivity contribution in [1.82, 2.24) is 5.32 Å². The standard InChI is InChI=1S/C19H16Cl2N2O3/c1-10-17(24)22-14-7-2-4-11(16(14)26-10)18(25)23-19(8-9-19)15-12(20)5-3-6-13(15)21/h2-7,10H,8-9H2,1H3,(H,22,24)(H,23,25). The monoisotopic (exact) mass is 390 g/mol. The third-order valence-electron chi connectivity index (χ3n) is 4.73. The molecule has 2 aromatic carbocycles. The van der Waals surface area contributed by atoms with Crippen LogP contribution >= 0.6 is 23.2 Å². The van der Waals surface area contributed by atoms with Crippen LogP contribution in [-0.2, 0) is 10.3 Å². The summed E-state index contributed by atoms with van der Waals surface area (Å²) in [5.41, 5.74) is 1.02. The van der Waals surface area contributed by atoms with Gasteiger partial charge in [-0.1, -0.05) is 35.3 Å². The van der Waals surface area contributed by atoms with E-state index in [1.807, 2.05) is 0 Å². The van der Waals surface area contributed by atoms with Crippen LogP contribution in [0.4, 0.5) is 5.69 Å². The van der Waals surface area contributed by atoms with Crippen molar-refractivity contribution in [3.05, 3.63) is 57.6 Å². The molecule has 7 heteroatoms. The van der Waals surface area contributed by atoms with E-state index in [-0.39, 0.29) is 11.8 Å². The van der Waals surface area contributed by atoms with E-state index in [0.29, 0.717) is 27.0 Å². The van der Waals surface area contributed by atoms with Gasteiger partial charge in [0.05, 0.1) is 16.8 Å². The van der Waals surface area contributed by atoms with Crippen molar-refractivity contribution >= 4 is 40.7 Å². The van der Waals surface area contributed by atoms with Crippen LogP contribution in [-0.4, -0.2) is 17.9 Å². The summed E-state index contributed by atoms with van der Waals surface area (Å²) < 4.78 is 5.66. The summed E-state index contributed by atoms with van der Waals surface area (Å²) in [5.74, 6) is -0.159. The molecule has 0 spiro atoms. The summed E-state index contributed by atoms with van der Waals surface area (Å²) in [7, 11) is 0. The fourth-order valence-electron chi connectivity index (χ4n) is 3.21. The van der Waals surface area contributed by atoms with Gasteiger partial charge >= 0.3 is 0 Å². The van der Waals surface area contributed by atoms with Crippen molar-refractivity contribution in [2.24, 2.45) is 0 Å². The molecule has 0 saturated heterocycles. The Hall–Kier alpha value is -2.24. The van der Waals surface area contributed by atoms with Gasteiger partial charge in [-0.2, -0.15) is 0 Å². The highest BCUT2D eigenvalue weighted by Gasteiger charge is 2.48. The second kappa shape index (κ2) is 6.18. The van der Waals surface area contributed by atoms with Crippen LogP contribution in [0.2, 0.25) is 10.0 Å². The Morgan fingerprint density at radius 1 is 1.19 bits per heavy atom. The quantitative estimate of drug-likeness (QED) is 0.827. The zero-order chi connectivity index (χ0) is 18.5. The van der Waals surface area contributed by atoms with E-state index in [0.717, 1.165) is 18.4 Å². The molecular weight excluding hydrogens is 375 g/mol. The maximum absolute atomic E-state index is 13.0. The van der Waals surface area contributed by atoms with Gasteiger partial charge in [0.15, 0.2) is 11.9 Å². The minimum absolute atomic E-state index is 0.239. The Balaban J connectivity index is 1.66. The molecule has 0 radical (unpaired) electrons. The summed E-state index contributed by atoms with van der Waals surface area (Å²) in [6.45, 7) is 1.64. The first kappa shape index (κ1) is 17.2. The van der Waals surface area contributed by atoms with Crippen LogP contribution < -0.4 is 15.4 Å². The number of halogens is 2. The first-order valence-corrected chi connectivity index (χ1v) is 9.04. The number of fused-ring (bicyclic) bond motifs is 1. The predicted molar refractivity (Wildman–Crippen MR) is 100 cm³/mol. The lowest BCUT2D eigenvalue weighted by atomic mass is 10.0. The average Bonchev–Trinajstić information content (AvgIpc) is 3.35. The van der Waals surface area contributed by atoms with E-state index in [9.17, 15) is 9.59 Å². The van der Waals surface area contributed by atoms with Crippen LogP contribution in [0, 0.1) is 0 Å². The molecule has 5 nitrogen and oxygen atoms in total. The largest absolute Gasteiger partial charge is 0.478 e. The fourth-order valence-corrected chi connectivity index (χ4v) is 3.97. The summed E-state index contributed by atoms with van der Waals surface area (Å²) in [6.07, 6.45) is 0.848. The number of benzene rings is 2. The van der Waals surface area contributed by atoms with Crippen molar-refractivity contribution in [3.63, 3.8) is 0 Å². The molecule has 1 unspecified atom stereocenters. The molecule has 4 rings (SSSR count). The Morgan fingerprint density at radius 3 is 2.50 bits per heavy atom. The number of rotatable bonds is 3. The Kier molecular flexibility index (Phi) is 4.09. The van der Waals surface area contributed by atoms with E-state index < -0.39 is 11.6 Å². The molecule has 1 fully saturated rings. The van der Waals surface area contributed by atoms with Gasteiger partial charge in [0.2, 0.25) is 0 Å². The van der Waals surface area contributed by atoms with Crippen LogP contribution in [0.15, 0.2) is 36.4 Å². The van der Waals surface area contributed by atoms with Crippen molar-refractivity contribution in [1.29, 1.82) is 0 Å². The number of amides is 2. The van der Waals surface area contributed by atoms with E-state index >= 15 is 0 Å². The van der Waals surface area contributed by atoms with Gasteiger partial charge < -0.3 is 15.4 Å². The molecule has 2 N–H and O–H groups in total. The van der Waals surface area contributed by atoms with Gasteiger partial charge in [0, 0.05) is 15.6 Å². The number of carbonyl (C=O) groups is 2. The molecule has 1 atom stereocenters. The smallest absolute Gasteiger partial charge is 0.265 e. The van der Waals surface area contributed by atoms with Crippen molar-refractivity contribution < 1.29 is 14.3 Å². The van der Waals surface area contributed by atoms with E-state index in [1.165, 1.54) is 0 Å². The van der Waals surface area contributed by atoms with E-state index in [2.05, 4.69) is 10.6 Å². The molecular formula is C19H16Cl2N2O3. The number of anilines is 1. The Morgan fingerprint density at radius 2 is 1.85 bits per heavy atom. The average molecular weight is 391 g/mol. The second-order valence-corrected chi connectivity index (χ2v) is 7.38. The Labute approximate surface area is 160 Å². The third kappa shape index (κ3) is 2.81. The topological polar surface area (TPSA) is 67.4 Å². The number of ether oxygens (including phenoxy) is 1. The first-order chi connectivity index (χ1) is 12.4. The third-order valence-corrected chi connectivity index (χ3v) is 5.36. The zero-order valence-electron chi connectivity index (χ0n) is 13.9. The molecule has 134 valence electrons. The number of para-hydroxylation sites is 1. The fraction of sp³-hybridized carbons (Fsp3) is 0.263. The number of carbonyl (C=O) groups excluding carboxylic acids is 2. The predicted octanol–water partition coefficient (Wildman–Crippen LogP) is 4.13. The molecule has 0 aromatic heterocycles. The van der Waals surface area contributed by atoms with E-state index in [4.69, 9.17) is 27.9 Å². The van der Waals surface area contributed by atoms with E-state index in [1.54, 1.807) is 43.3 Å². The highest BCUT2D eigenvalue weighted by Crippen LogP contribution is 2.51. The zero-order valence-corrected chi connectivity index (χ0v) is 15.4. The number of hydrogen-bond acceptors (Lipinski definition) is 3. The summed E-state index contributed by atoms with van der Waals surface area (Å²) in [6, 6.07) is 10.4. The van der Waals surface area contributed by atoms with Crippen LogP contribution in [0.3, 0.4) is 0 Å². The van der Waals surface area contributed by atoms with Crippen molar-refractivity contribution in [3.8, 4) is 5.75 Å². The highest BCUT2D eigenvalue weighted by atomic mass is 35.5. The van der Waals surface area contributed by atoms with Crippen molar-refractivity contribution in [2.75, 3.05) is 5.32 Å².